The summed E-state index contributed by atoms with van der Waals surface area (Å²) in [6.45, 7) is 1.60. The van der Waals surface area contributed by atoms with Gasteiger partial charge in [0.1, 0.15) is 11.6 Å². The van der Waals surface area contributed by atoms with Crippen LogP contribution in [0.5, 0.6) is 5.75 Å². The van der Waals surface area contributed by atoms with Gasteiger partial charge >= 0.3 is 6.03 Å². The summed E-state index contributed by atoms with van der Waals surface area (Å²) in [5, 5.41) is 15.2. The van der Waals surface area contributed by atoms with Crippen LogP contribution in [0.3, 0.4) is 0 Å². The van der Waals surface area contributed by atoms with Crippen molar-refractivity contribution in [2.45, 2.75) is 13.0 Å². The fraction of sp³-hybridized carbons (Fsp3) is 0.235. The maximum atomic E-state index is 13.4. The molecule has 0 aromatic heterocycles. The van der Waals surface area contributed by atoms with E-state index in [2.05, 4.69) is 10.6 Å². The predicted octanol–water partition coefficient (Wildman–Crippen LogP) is 3.00. The number of halogens is 1. The first kappa shape index (κ1) is 16.8. The lowest BCUT2D eigenvalue weighted by atomic mass is 10.1. The molecule has 0 aliphatic rings. The molecule has 0 spiro atoms. The fourth-order valence-electron chi connectivity index (χ4n) is 2.07. The molecule has 0 saturated heterocycles. The number of amides is 2. The molecule has 122 valence electrons. The maximum absolute atomic E-state index is 13.4. The van der Waals surface area contributed by atoms with Crippen LogP contribution < -0.4 is 15.4 Å². The highest BCUT2D eigenvalue weighted by Crippen LogP contribution is 2.19. The minimum Gasteiger partial charge on any atom is -0.497 e. The molecule has 2 rings (SSSR count). The summed E-state index contributed by atoms with van der Waals surface area (Å²) in [5.74, 6) is 0.237. The Balaban J connectivity index is 1.92. The van der Waals surface area contributed by atoms with Crippen LogP contribution in [0.4, 0.5) is 14.9 Å². The van der Waals surface area contributed by atoms with Crippen molar-refractivity contribution < 1.29 is 19.0 Å². The number of carbonyl (C=O) groups is 1. The van der Waals surface area contributed by atoms with Crippen molar-refractivity contribution >= 4 is 11.7 Å². The topological polar surface area (TPSA) is 70.6 Å². The quantitative estimate of drug-likeness (QED) is 0.793. The van der Waals surface area contributed by atoms with Gasteiger partial charge in [0.25, 0.3) is 0 Å². The van der Waals surface area contributed by atoms with E-state index in [4.69, 9.17) is 4.74 Å². The van der Waals surface area contributed by atoms with Crippen LogP contribution in [-0.4, -0.2) is 24.8 Å². The van der Waals surface area contributed by atoms with Crippen LogP contribution in [-0.2, 0) is 0 Å². The number of ether oxygens (including phenoxy) is 1. The average Bonchev–Trinajstić information content (AvgIpc) is 2.57. The van der Waals surface area contributed by atoms with Crippen molar-refractivity contribution in [3.63, 3.8) is 0 Å². The molecule has 23 heavy (non-hydrogen) atoms. The van der Waals surface area contributed by atoms with Gasteiger partial charge in [-0.3, -0.25) is 0 Å². The SMILES string of the molecule is COc1cccc(C(O)CNC(=O)Nc2cccc(F)c2C)c1. The molecule has 5 nitrogen and oxygen atoms in total. The van der Waals surface area contributed by atoms with Crippen LogP contribution in [0.25, 0.3) is 0 Å². The highest BCUT2D eigenvalue weighted by molar-refractivity contribution is 5.90. The average molecular weight is 318 g/mol. The Labute approximate surface area is 134 Å². The molecule has 0 fully saturated rings. The Hall–Kier alpha value is -2.60. The van der Waals surface area contributed by atoms with Gasteiger partial charge in [-0.1, -0.05) is 18.2 Å². The van der Waals surface area contributed by atoms with Gasteiger partial charge in [-0.05, 0) is 36.8 Å². The van der Waals surface area contributed by atoms with Gasteiger partial charge < -0.3 is 20.5 Å². The van der Waals surface area contributed by atoms with E-state index >= 15 is 0 Å². The third kappa shape index (κ3) is 4.43. The highest BCUT2D eigenvalue weighted by atomic mass is 19.1. The third-order valence-electron chi connectivity index (χ3n) is 3.45. The van der Waals surface area contributed by atoms with E-state index in [1.165, 1.54) is 12.1 Å². The lowest BCUT2D eigenvalue weighted by Crippen LogP contribution is -2.32. The summed E-state index contributed by atoms with van der Waals surface area (Å²) < 4.78 is 18.5. The van der Waals surface area contributed by atoms with Crippen molar-refractivity contribution in [3.8, 4) is 5.75 Å². The van der Waals surface area contributed by atoms with E-state index in [1.54, 1.807) is 44.4 Å². The summed E-state index contributed by atoms with van der Waals surface area (Å²) in [6, 6.07) is 10.9. The van der Waals surface area contributed by atoms with Crippen molar-refractivity contribution in [2.75, 3.05) is 19.0 Å². The molecular formula is C17H19FN2O3. The molecule has 0 saturated carbocycles. The van der Waals surface area contributed by atoms with Crippen LogP contribution in [0, 0.1) is 12.7 Å². The zero-order valence-corrected chi connectivity index (χ0v) is 13.0. The monoisotopic (exact) mass is 318 g/mol. The number of rotatable bonds is 5. The number of nitrogens with one attached hydrogen (secondary N) is 2. The molecule has 0 radical (unpaired) electrons. The van der Waals surface area contributed by atoms with Gasteiger partial charge in [0, 0.05) is 17.8 Å². The summed E-state index contributed by atoms with van der Waals surface area (Å²) in [6.07, 6.45) is -0.871. The molecule has 2 amide bonds. The highest BCUT2D eigenvalue weighted by Gasteiger charge is 2.11. The number of hydrogen-bond donors (Lipinski definition) is 3. The van der Waals surface area contributed by atoms with Gasteiger partial charge in [0.15, 0.2) is 0 Å². The first-order valence-corrected chi connectivity index (χ1v) is 7.13. The normalized spacial score (nSPS) is 11.7. The standard InChI is InChI=1S/C17H19FN2O3/c1-11-14(18)7-4-8-15(11)20-17(22)19-10-16(21)12-5-3-6-13(9-12)23-2/h3-9,16,21H,10H2,1-2H3,(H2,19,20,22). The van der Waals surface area contributed by atoms with E-state index in [1.807, 2.05) is 0 Å². The number of methoxy groups -OCH3 is 1. The predicted molar refractivity (Wildman–Crippen MR) is 86.1 cm³/mol. The molecule has 0 heterocycles. The van der Waals surface area contributed by atoms with Crippen LogP contribution in [0.2, 0.25) is 0 Å². The maximum Gasteiger partial charge on any atom is 0.319 e. The minimum absolute atomic E-state index is 0.0212. The molecule has 3 N–H and O–H groups in total. The molecular weight excluding hydrogens is 299 g/mol. The van der Waals surface area contributed by atoms with Crippen molar-refractivity contribution in [1.29, 1.82) is 0 Å². The van der Waals surface area contributed by atoms with E-state index in [0.717, 1.165) is 0 Å². The lowest BCUT2D eigenvalue weighted by molar-refractivity contribution is 0.175. The van der Waals surface area contributed by atoms with Crippen LogP contribution in [0.15, 0.2) is 42.5 Å². The summed E-state index contributed by atoms with van der Waals surface area (Å²) in [7, 11) is 1.54. The first-order valence-electron chi connectivity index (χ1n) is 7.13. The van der Waals surface area contributed by atoms with Gasteiger partial charge in [-0.25, -0.2) is 9.18 Å². The number of hydrogen-bond acceptors (Lipinski definition) is 3. The molecule has 1 atom stereocenters. The Morgan fingerprint density at radius 2 is 2.04 bits per heavy atom. The summed E-state index contributed by atoms with van der Waals surface area (Å²) >= 11 is 0. The Morgan fingerprint density at radius 3 is 2.78 bits per heavy atom. The number of aliphatic hydroxyl groups is 1. The summed E-state index contributed by atoms with van der Waals surface area (Å²) in [5.41, 5.74) is 1.38. The number of benzene rings is 2. The Morgan fingerprint density at radius 1 is 1.30 bits per heavy atom. The van der Waals surface area contributed by atoms with Crippen LogP contribution in [0.1, 0.15) is 17.2 Å². The molecule has 6 heteroatoms. The minimum atomic E-state index is -0.871. The smallest absolute Gasteiger partial charge is 0.319 e. The van der Waals surface area contributed by atoms with E-state index in [-0.39, 0.29) is 12.4 Å². The zero-order chi connectivity index (χ0) is 16.8. The van der Waals surface area contributed by atoms with E-state index in [9.17, 15) is 14.3 Å². The number of urea groups is 1. The Kier molecular flexibility index (Phi) is 5.54. The third-order valence-corrected chi connectivity index (χ3v) is 3.45. The van der Waals surface area contributed by atoms with Gasteiger partial charge in [-0.2, -0.15) is 0 Å². The van der Waals surface area contributed by atoms with Crippen LogP contribution >= 0.6 is 0 Å². The molecule has 0 bridgehead atoms. The van der Waals surface area contributed by atoms with Crippen molar-refractivity contribution in [2.24, 2.45) is 0 Å². The largest absolute Gasteiger partial charge is 0.497 e. The second-order valence-electron chi connectivity index (χ2n) is 5.04. The second kappa shape index (κ2) is 7.60. The number of anilines is 1. The van der Waals surface area contributed by atoms with Crippen molar-refractivity contribution in [3.05, 3.63) is 59.4 Å². The van der Waals surface area contributed by atoms with E-state index < -0.39 is 12.1 Å². The first-order chi connectivity index (χ1) is 11.0. The molecule has 2 aromatic carbocycles. The van der Waals surface area contributed by atoms with Crippen molar-refractivity contribution in [1.82, 2.24) is 5.32 Å². The van der Waals surface area contributed by atoms with E-state index in [0.29, 0.717) is 22.6 Å². The second-order valence-corrected chi connectivity index (χ2v) is 5.04. The summed E-state index contributed by atoms with van der Waals surface area (Å²) in [4.78, 5) is 11.9. The lowest BCUT2D eigenvalue weighted by Gasteiger charge is -2.14. The van der Waals surface area contributed by atoms with Gasteiger partial charge in [-0.15, -0.1) is 0 Å². The molecule has 0 aliphatic carbocycles. The molecule has 0 aliphatic heterocycles. The molecule has 1 unspecified atom stereocenters. The zero-order valence-electron chi connectivity index (χ0n) is 13.0. The Bertz CT molecular complexity index is 691. The van der Waals surface area contributed by atoms with Gasteiger partial charge in [0.2, 0.25) is 0 Å². The van der Waals surface area contributed by atoms with Gasteiger partial charge in [0.05, 0.1) is 13.2 Å². The number of carbonyl (C=O) groups excluding carboxylic acids is 1. The fourth-order valence-corrected chi connectivity index (χ4v) is 2.07. The number of aliphatic hydroxyl groups excluding tert-OH is 1. The molecule has 2 aromatic rings.